The van der Waals surface area contributed by atoms with Gasteiger partial charge in [-0.25, -0.2) is 4.98 Å². The summed E-state index contributed by atoms with van der Waals surface area (Å²) in [5.41, 5.74) is 0.526. The average molecular weight is 223 g/mol. The van der Waals surface area contributed by atoms with Crippen LogP contribution < -0.4 is 0 Å². The fourth-order valence-corrected chi connectivity index (χ4v) is 2.16. The summed E-state index contributed by atoms with van der Waals surface area (Å²) in [6.45, 7) is 2.82. The standard InChI is InChI=1S/C10H13N3OS/c1-3-4-12(2)9(14)8-7-13-5-6-15-10(13)11-8/h5-7H,3-4H2,1-2H3. The highest BCUT2D eigenvalue weighted by atomic mass is 32.1. The maximum Gasteiger partial charge on any atom is 0.273 e. The molecule has 0 N–H and O–H groups in total. The lowest BCUT2D eigenvalue weighted by atomic mass is 10.3. The minimum atomic E-state index is -0.00671. The summed E-state index contributed by atoms with van der Waals surface area (Å²) in [6, 6.07) is 0. The molecule has 0 aromatic carbocycles. The molecule has 0 saturated carbocycles. The molecule has 5 heteroatoms. The molecule has 0 bridgehead atoms. The summed E-state index contributed by atoms with van der Waals surface area (Å²) in [5.74, 6) is -0.00671. The van der Waals surface area contributed by atoms with E-state index in [4.69, 9.17) is 0 Å². The Hall–Kier alpha value is -1.36. The highest BCUT2D eigenvalue weighted by molar-refractivity contribution is 7.15. The molecule has 4 nitrogen and oxygen atoms in total. The summed E-state index contributed by atoms with van der Waals surface area (Å²) < 4.78 is 1.87. The number of imidazole rings is 1. The number of aromatic nitrogens is 2. The predicted octanol–water partition coefficient (Wildman–Crippen LogP) is 1.88. The molecule has 2 aromatic heterocycles. The fourth-order valence-electron chi connectivity index (χ4n) is 1.46. The van der Waals surface area contributed by atoms with Crippen molar-refractivity contribution in [2.75, 3.05) is 13.6 Å². The van der Waals surface area contributed by atoms with Crippen LogP contribution in [-0.4, -0.2) is 33.8 Å². The highest BCUT2D eigenvalue weighted by Crippen LogP contribution is 2.12. The van der Waals surface area contributed by atoms with Gasteiger partial charge in [0.2, 0.25) is 0 Å². The van der Waals surface area contributed by atoms with E-state index in [2.05, 4.69) is 11.9 Å². The van der Waals surface area contributed by atoms with Crippen LogP contribution in [-0.2, 0) is 0 Å². The van der Waals surface area contributed by atoms with E-state index in [0.29, 0.717) is 5.69 Å². The summed E-state index contributed by atoms with van der Waals surface area (Å²) in [7, 11) is 1.80. The van der Waals surface area contributed by atoms with E-state index in [0.717, 1.165) is 17.9 Å². The van der Waals surface area contributed by atoms with E-state index in [9.17, 15) is 4.79 Å². The number of hydrogen-bond acceptors (Lipinski definition) is 3. The molecule has 0 saturated heterocycles. The largest absolute Gasteiger partial charge is 0.340 e. The number of hydrogen-bond donors (Lipinski definition) is 0. The van der Waals surface area contributed by atoms with Gasteiger partial charge in [-0.1, -0.05) is 6.92 Å². The summed E-state index contributed by atoms with van der Waals surface area (Å²) >= 11 is 1.53. The Morgan fingerprint density at radius 2 is 2.47 bits per heavy atom. The van der Waals surface area contributed by atoms with Crippen LogP contribution >= 0.6 is 11.3 Å². The smallest absolute Gasteiger partial charge is 0.273 e. The number of thiazole rings is 1. The molecule has 0 aliphatic carbocycles. The molecule has 2 rings (SSSR count). The Balaban J connectivity index is 2.23. The average Bonchev–Trinajstić information content (AvgIpc) is 2.75. The lowest BCUT2D eigenvalue weighted by molar-refractivity contribution is 0.0790. The van der Waals surface area contributed by atoms with Gasteiger partial charge in [-0.2, -0.15) is 0 Å². The van der Waals surface area contributed by atoms with Gasteiger partial charge < -0.3 is 4.90 Å². The van der Waals surface area contributed by atoms with E-state index in [1.54, 1.807) is 18.1 Å². The van der Waals surface area contributed by atoms with Crippen LogP contribution in [0.25, 0.3) is 4.96 Å². The van der Waals surface area contributed by atoms with Gasteiger partial charge in [-0.15, -0.1) is 11.3 Å². The van der Waals surface area contributed by atoms with Crippen LogP contribution in [0.3, 0.4) is 0 Å². The molecule has 2 aromatic rings. The van der Waals surface area contributed by atoms with Crippen LogP contribution in [0.2, 0.25) is 0 Å². The van der Waals surface area contributed by atoms with E-state index < -0.39 is 0 Å². The minimum absolute atomic E-state index is 0.00671. The highest BCUT2D eigenvalue weighted by Gasteiger charge is 2.14. The van der Waals surface area contributed by atoms with E-state index >= 15 is 0 Å². The van der Waals surface area contributed by atoms with Crippen molar-refractivity contribution in [2.24, 2.45) is 0 Å². The molecule has 0 spiro atoms. The minimum Gasteiger partial charge on any atom is -0.340 e. The van der Waals surface area contributed by atoms with Crippen molar-refractivity contribution < 1.29 is 4.79 Å². The van der Waals surface area contributed by atoms with Crippen molar-refractivity contribution >= 4 is 22.2 Å². The van der Waals surface area contributed by atoms with Crippen molar-refractivity contribution in [1.82, 2.24) is 14.3 Å². The Labute approximate surface area is 92.2 Å². The molecule has 0 radical (unpaired) electrons. The van der Waals surface area contributed by atoms with E-state index in [-0.39, 0.29) is 5.91 Å². The first-order chi connectivity index (χ1) is 7.22. The van der Waals surface area contributed by atoms with Crippen molar-refractivity contribution in [3.05, 3.63) is 23.5 Å². The first-order valence-electron chi connectivity index (χ1n) is 4.90. The Morgan fingerprint density at radius 3 is 3.13 bits per heavy atom. The molecule has 80 valence electrons. The van der Waals surface area contributed by atoms with Gasteiger partial charge in [0.25, 0.3) is 5.91 Å². The van der Waals surface area contributed by atoms with Crippen LogP contribution in [0.5, 0.6) is 0 Å². The molecule has 1 amide bonds. The maximum absolute atomic E-state index is 11.9. The van der Waals surface area contributed by atoms with Gasteiger partial charge in [0.05, 0.1) is 0 Å². The summed E-state index contributed by atoms with van der Waals surface area (Å²) in [6.07, 6.45) is 4.65. The number of carbonyl (C=O) groups is 1. The van der Waals surface area contributed by atoms with Gasteiger partial charge in [-0.3, -0.25) is 9.20 Å². The zero-order valence-corrected chi connectivity index (χ0v) is 9.62. The molecule has 15 heavy (non-hydrogen) atoms. The number of nitrogens with zero attached hydrogens (tertiary/aromatic N) is 3. The van der Waals surface area contributed by atoms with Crippen molar-refractivity contribution in [1.29, 1.82) is 0 Å². The number of amides is 1. The second-order valence-corrected chi connectivity index (χ2v) is 4.32. The molecule has 0 unspecified atom stereocenters. The summed E-state index contributed by atoms with van der Waals surface area (Å²) in [5, 5.41) is 1.95. The first kappa shape index (κ1) is 10.2. The molecule has 0 fully saturated rings. The Morgan fingerprint density at radius 1 is 1.67 bits per heavy atom. The first-order valence-corrected chi connectivity index (χ1v) is 5.78. The van der Waals surface area contributed by atoms with Crippen LogP contribution in [0.15, 0.2) is 17.8 Å². The van der Waals surface area contributed by atoms with Crippen LogP contribution in [0.1, 0.15) is 23.8 Å². The van der Waals surface area contributed by atoms with Crippen LogP contribution in [0.4, 0.5) is 0 Å². The topological polar surface area (TPSA) is 37.6 Å². The second kappa shape index (κ2) is 4.02. The van der Waals surface area contributed by atoms with Crippen molar-refractivity contribution in [3.63, 3.8) is 0 Å². The lowest BCUT2D eigenvalue weighted by Crippen LogP contribution is -2.27. The summed E-state index contributed by atoms with van der Waals surface area (Å²) in [4.78, 5) is 18.7. The Kier molecular flexibility index (Phi) is 2.73. The molecular formula is C10H13N3OS. The number of rotatable bonds is 3. The van der Waals surface area contributed by atoms with E-state index in [1.807, 2.05) is 16.0 Å². The van der Waals surface area contributed by atoms with Crippen molar-refractivity contribution in [2.45, 2.75) is 13.3 Å². The molecule has 0 atom stereocenters. The van der Waals surface area contributed by atoms with Gasteiger partial charge in [0.15, 0.2) is 4.96 Å². The lowest BCUT2D eigenvalue weighted by Gasteiger charge is -2.13. The quantitative estimate of drug-likeness (QED) is 0.796. The number of fused-ring (bicyclic) bond motifs is 1. The maximum atomic E-state index is 11.9. The third-order valence-electron chi connectivity index (χ3n) is 2.22. The molecule has 0 aliphatic heterocycles. The molecule has 2 heterocycles. The zero-order valence-electron chi connectivity index (χ0n) is 8.80. The third kappa shape index (κ3) is 1.87. The predicted molar refractivity (Wildman–Crippen MR) is 60.3 cm³/mol. The van der Waals surface area contributed by atoms with Gasteiger partial charge in [0, 0.05) is 31.4 Å². The molecular weight excluding hydrogens is 210 g/mol. The van der Waals surface area contributed by atoms with Crippen molar-refractivity contribution in [3.8, 4) is 0 Å². The zero-order chi connectivity index (χ0) is 10.8. The fraction of sp³-hybridized carbons (Fsp3) is 0.400. The normalized spacial score (nSPS) is 10.8. The van der Waals surface area contributed by atoms with Gasteiger partial charge in [-0.05, 0) is 6.42 Å². The van der Waals surface area contributed by atoms with Gasteiger partial charge >= 0.3 is 0 Å². The monoisotopic (exact) mass is 223 g/mol. The Bertz CT molecular complexity index is 445. The van der Waals surface area contributed by atoms with Gasteiger partial charge in [0.1, 0.15) is 5.69 Å². The second-order valence-electron chi connectivity index (χ2n) is 3.45. The third-order valence-corrected chi connectivity index (χ3v) is 2.99. The van der Waals surface area contributed by atoms with Crippen LogP contribution in [0, 0.1) is 0 Å². The van der Waals surface area contributed by atoms with E-state index in [1.165, 1.54) is 11.3 Å². The molecule has 0 aliphatic rings. The number of carbonyl (C=O) groups excluding carboxylic acids is 1. The SMILES string of the molecule is CCCN(C)C(=O)c1cn2ccsc2n1.